The van der Waals surface area contributed by atoms with Crippen LogP contribution in [0.25, 0.3) is 5.78 Å². The van der Waals surface area contributed by atoms with Gasteiger partial charge in [0.1, 0.15) is 11.5 Å². The number of hydrogen-bond acceptors (Lipinski definition) is 8. The van der Waals surface area contributed by atoms with Crippen LogP contribution < -0.4 is 14.8 Å². The molecule has 0 radical (unpaired) electrons. The van der Waals surface area contributed by atoms with E-state index in [1.807, 2.05) is 19.9 Å². The molecule has 0 bridgehead atoms. The topological polar surface area (TPSA) is 117 Å². The predicted molar refractivity (Wildman–Crippen MR) is 107 cm³/mol. The lowest BCUT2D eigenvalue weighted by atomic mass is 10.1. The summed E-state index contributed by atoms with van der Waals surface area (Å²) in [6.45, 7) is 4.96. The van der Waals surface area contributed by atoms with Crippen LogP contribution in [-0.4, -0.2) is 52.3 Å². The second-order valence-electron chi connectivity index (χ2n) is 6.66. The Balaban J connectivity index is 1.63. The molecule has 0 fully saturated rings. The van der Waals surface area contributed by atoms with Crippen LogP contribution in [0.15, 0.2) is 24.3 Å². The number of ether oxygens (including phenoxy) is 3. The minimum absolute atomic E-state index is 0.161. The van der Waals surface area contributed by atoms with E-state index in [-0.39, 0.29) is 5.82 Å². The molecule has 10 heteroatoms. The summed E-state index contributed by atoms with van der Waals surface area (Å²) in [5.74, 6) is 0.0890. The fourth-order valence-corrected chi connectivity index (χ4v) is 2.99. The number of nitrogens with one attached hydrogen (secondary N) is 1. The number of carbonyl (C=O) groups is 2. The molecular weight excluding hydrogens is 390 g/mol. The number of carbonyl (C=O) groups excluding carboxylic acids is 2. The van der Waals surface area contributed by atoms with E-state index in [4.69, 9.17) is 14.2 Å². The average molecular weight is 413 g/mol. The van der Waals surface area contributed by atoms with E-state index in [0.717, 1.165) is 17.0 Å². The van der Waals surface area contributed by atoms with Crippen LogP contribution in [0.4, 0.5) is 0 Å². The Morgan fingerprint density at radius 3 is 2.60 bits per heavy atom. The number of esters is 1. The lowest BCUT2D eigenvalue weighted by molar-refractivity contribution is -0.124. The number of amides is 1. The van der Waals surface area contributed by atoms with Crippen molar-refractivity contribution in [1.82, 2.24) is 24.9 Å². The molecule has 1 atom stereocenters. The average Bonchev–Trinajstić information content (AvgIpc) is 3.16. The largest absolute Gasteiger partial charge is 0.497 e. The maximum atomic E-state index is 12.3. The smallest absolute Gasteiger partial charge is 0.378 e. The van der Waals surface area contributed by atoms with E-state index in [1.54, 1.807) is 39.3 Å². The Morgan fingerprint density at radius 2 is 1.90 bits per heavy atom. The highest BCUT2D eigenvalue weighted by molar-refractivity contribution is 5.88. The maximum absolute atomic E-state index is 12.3. The molecule has 1 N–H and O–H groups in total. The molecule has 30 heavy (non-hydrogen) atoms. The van der Waals surface area contributed by atoms with Gasteiger partial charge in [-0.2, -0.15) is 4.98 Å². The maximum Gasteiger partial charge on any atom is 0.378 e. The molecule has 0 saturated carbocycles. The van der Waals surface area contributed by atoms with Gasteiger partial charge in [0.25, 0.3) is 17.5 Å². The Labute approximate surface area is 173 Å². The zero-order chi connectivity index (χ0) is 21.8. The SMILES string of the molecule is COc1ccc(OC)c([C@H](C)NC(=O)COC(=O)c2nc3nc(C)cc(C)n3n2)c1. The highest BCUT2D eigenvalue weighted by Gasteiger charge is 2.20. The second-order valence-corrected chi connectivity index (χ2v) is 6.66. The Bertz CT molecular complexity index is 1090. The first-order chi connectivity index (χ1) is 14.3. The van der Waals surface area contributed by atoms with Crippen LogP contribution in [0.1, 0.15) is 40.5 Å². The molecular formula is C20H23N5O5. The summed E-state index contributed by atoms with van der Waals surface area (Å²) in [6, 6.07) is 6.71. The van der Waals surface area contributed by atoms with Crippen molar-refractivity contribution in [2.75, 3.05) is 20.8 Å². The van der Waals surface area contributed by atoms with E-state index < -0.39 is 24.5 Å². The third-order valence-corrected chi connectivity index (χ3v) is 4.42. The number of hydrogen-bond donors (Lipinski definition) is 1. The van der Waals surface area contributed by atoms with Gasteiger partial charge in [-0.15, -0.1) is 5.10 Å². The van der Waals surface area contributed by atoms with Crippen molar-refractivity contribution in [3.05, 3.63) is 47.0 Å². The molecule has 2 heterocycles. The minimum Gasteiger partial charge on any atom is -0.497 e. The Hall–Kier alpha value is -3.69. The first kappa shape index (κ1) is 21.0. The number of rotatable bonds is 7. The van der Waals surface area contributed by atoms with Gasteiger partial charge in [-0.05, 0) is 45.0 Å². The van der Waals surface area contributed by atoms with Crippen LogP contribution in [0.5, 0.6) is 11.5 Å². The summed E-state index contributed by atoms with van der Waals surface area (Å²) in [5, 5.41) is 6.85. The number of methoxy groups -OCH3 is 2. The van der Waals surface area contributed by atoms with Crippen LogP contribution in [0, 0.1) is 13.8 Å². The van der Waals surface area contributed by atoms with Crippen molar-refractivity contribution in [2.45, 2.75) is 26.8 Å². The van der Waals surface area contributed by atoms with Crippen molar-refractivity contribution in [3.63, 3.8) is 0 Å². The highest BCUT2D eigenvalue weighted by Crippen LogP contribution is 2.29. The van der Waals surface area contributed by atoms with Gasteiger partial charge in [-0.1, -0.05) is 0 Å². The zero-order valence-corrected chi connectivity index (χ0v) is 17.4. The van der Waals surface area contributed by atoms with Crippen molar-refractivity contribution in [1.29, 1.82) is 0 Å². The molecule has 3 rings (SSSR count). The van der Waals surface area contributed by atoms with E-state index in [0.29, 0.717) is 17.3 Å². The normalized spacial score (nSPS) is 11.8. The molecule has 2 aromatic heterocycles. The zero-order valence-electron chi connectivity index (χ0n) is 17.4. The third kappa shape index (κ3) is 4.48. The molecule has 10 nitrogen and oxygen atoms in total. The summed E-state index contributed by atoms with van der Waals surface area (Å²) >= 11 is 0. The summed E-state index contributed by atoms with van der Waals surface area (Å²) in [5.41, 5.74) is 2.27. The number of aryl methyl sites for hydroxylation is 2. The molecule has 0 aliphatic rings. The molecule has 1 aromatic carbocycles. The van der Waals surface area contributed by atoms with E-state index >= 15 is 0 Å². The summed E-state index contributed by atoms with van der Waals surface area (Å²) in [6.07, 6.45) is 0. The monoisotopic (exact) mass is 413 g/mol. The lowest BCUT2D eigenvalue weighted by Crippen LogP contribution is -2.31. The van der Waals surface area contributed by atoms with Gasteiger partial charge >= 0.3 is 5.97 Å². The first-order valence-corrected chi connectivity index (χ1v) is 9.21. The fourth-order valence-electron chi connectivity index (χ4n) is 2.99. The summed E-state index contributed by atoms with van der Waals surface area (Å²) < 4.78 is 17.1. The number of fused-ring (bicyclic) bond motifs is 1. The molecule has 0 spiro atoms. The molecule has 0 aliphatic carbocycles. The van der Waals surface area contributed by atoms with Gasteiger partial charge in [0.05, 0.1) is 20.3 Å². The molecule has 1 amide bonds. The van der Waals surface area contributed by atoms with Crippen LogP contribution in [0.2, 0.25) is 0 Å². The van der Waals surface area contributed by atoms with Gasteiger partial charge in [0.2, 0.25) is 0 Å². The number of benzene rings is 1. The van der Waals surface area contributed by atoms with Crippen molar-refractivity contribution < 1.29 is 23.8 Å². The van der Waals surface area contributed by atoms with Gasteiger partial charge in [-0.3, -0.25) is 4.79 Å². The van der Waals surface area contributed by atoms with Crippen LogP contribution in [-0.2, 0) is 9.53 Å². The van der Waals surface area contributed by atoms with Gasteiger partial charge in [0.15, 0.2) is 6.61 Å². The third-order valence-electron chi connectivity index (χ3n) is 4.42. The van der Waals surface area contributed by atoms with Crippen LogP contribution >= 0.6 is 0 Å². The van der Waals surface area contributed by atoms with Gasteiger partial charge in [0, 0.05) is 17.0 Å². The minimum atomic E-state index is -0.806. The van der Waals surface area contributed by atoms with Crippen LogP contribution in [0.3, 0.4) is 0 Å². The van der Waals surface area contributed by atoms with Crippen molar-refractivity contribution in [2.24, 2.45) is 0 Å². The molecule has 0 unspecified atom stereocenters. The van der Waals surface area contributed by atoms with E-state index in [9.17, 15) is 9.59 Å². The number of nitrogens with zero attached hydrogens (tertiary/aromatic N) is 4. The molecule has 0 aliphatic heterocycles. The van der Waals surface area contributed by atoms with Crippen molar-refractivity contribution >= 4 is 17.7 Å². The summed E-state index contributed by atoms with van der Waals surface area (Å²) in [7, 11) is 3.10. The van der Waals surface area contributed by atoms with Crippen molar-refractivity contribution in [3.8, 4) is 11.5 Å². The Morgan fingerprint density at radius 1 is 1.13 bits per heavy atom. The van der Waals surface area contributed by atoms with E-state index in [2.05, 4.69) is 20.4 Å². The fraction of sp³-hybridized carbons (Fsp3) is 0.350. The first-order valence-electron chi connectivity index (χ1n) is 9.21. The molecule has 3 aromatic rings. The predicted octanol–water partition coefficient (Wildman–Crippen LogP) is 1.79. The second kappa shape index (κ2) is 8.76. The van der Waals surface area contributed by atoms with E-state index in [1.165, 1.54) is 4.52 Å². The van der Waals surface area contributed by atoms with Gasteiger partial charge < -0.3 is 19.5 Å². The standard InChI is InChI=1S/C20H23N5O5/c1-11-8-12(2)25-20(21-11)23-18(24-25)19(27)30-10-17(26)22-13(3)15-9-14(28-4)6-7-16(15)29-5/h6-9,13H,10H2,1-5H3,(H,22,26)/t13-/m0/s1. The number of aromatic nitrogens is 4. The lowest BCUT2D eigenvalue weighted by Gasteiger charge is -2.18. The molecule has 0 saturated heterocycles. The highest BCUT2D eigenvalue weighted by atomic mass is 16.5. The summed E-state index contributed by atoms with van der Waals surface area (Å²) in [4.78, 5) is 32.8. The quantitative estimate of drug-likeness (QED) is 0.583. The molecule has 158 valence electrons. The Kier molecular flexibility index (Phi) is 6.14. The van der Waals surface area contributed by atoms with Gasteiger partial charge in [-0.25, -0.2) is 14.3 Å².